The zero-order valence-corrected chi connectivity index (χ0v) is 12.5. The first-order valence-electron chi connectivity index (χ1n) is 7.11. The average molecular weight is 309 g/mol. The van der Waals surface area contributed by atoms with Gasteiger partial charge in [0.25, 0.3) is 5.91 Å². The number of hydrogen-bond acceptors (Lipinski definition) is 4. The molecule has 0 spiro atoms. The molecule has 1 amide bonds. The third-order valence-electron chi connectivity index (χ3n) is 3.45. The van der Waals surface area contributed by atoms with Crippen molar-refractivity contribution in [1.29, 1.82) is 0 Å². The van der Waals surface area contributed by atoms with Crippen LogP contribution < -0.4 is 15.5 Å². The summed E-state index contributed by atoms with van der Waals surface area (Å²) in [6.07, 6.45) is 0. The fourth-order valence-electron chi connectivity index (χ4n) is 2.27. The molecule has 0 radical (unpaired) electrons. The van der Waals surface area contributed by atoms with Crippen molar-refractivity contribution in [3.8, 4) is 5.75 Å². The predicted octanol–water partition coefficient (Wildman–Crippen LogP) is 2.73. The Labute approximate surface area is 132 Å². The van der Waals surface area contributed by atoms with Crippen molar-refractivity contribution in [3.05, 3.63) is 76.1 Å². The monoisotopic (exact) mass is 309 g/mol. The summed E-state index contributed by atoms with van der Waals surface area (Å²) in [5.41, 5.74) is 1.05. The van der Waals surface area contributed by atoms with Crippen LogP contribution in [-0.2, 0) is 6.54 Å². The van der Waals surface area contributed by atoms with Gasteiger partial charge in [-0.25, -0.2) is 0 Å². The van der Waals surface area contributed by atoms with E-state index in [0.29, 0.717) is 23.3 Å². The van der Waals surface area contributed by atoms with Crippen LogP contribution in [0.2, 0.25) is 0 Å². The van der Waals surface area contributed by atoms with Crippen LogP contribution in [0.5, 0.6) is 5.75 Å². The summed E-state index contributed by atoms with van der Waals surface area (Å²) in [6.45, 7) is 0.312. The van der Waals surface area contributed by atoms with Crippen LogP contribution in [0, 0.1) is 0 Å². The minimum atomic E-state index is -0.435. The number of rotatable bonds is 4. The molecule has 0 fully saturated rings. The molecule has 0 aliphatic heterocycles. The van der Waals surface area contributed by atoms with Crippen LogP contribution in [0.4, 0.5) is 0 Å². The minimum Gasteiger partial charge on any atom is -0.497 e. The molecule has 0 saturated heterocycles. The lowest BCUT2D eigenvalue weighted by molar-refractivity contribution is 0.0923. The fraction of sp³-hybridized carbons (Fsp3) is 0.111. The van der Waals surface area contributed by atoms with Gasteiger partial charge in [-0.1, -0.05) is 24.3 Å². The highest BCUT2D eigenvalue weighted by atomic mass is 16.5. The molecule has 2 aromatic carbocycles. The van der Waals surface area contributed by atoms with E-state index in [2.05, 4.69) is 5.32 Å². The van der Waals surface area contributed by atoms with Crippen molar-refractivity contribution in [3.63, 3.8) is 0 Å². The number of fused-ring (bicyclic) bond motifs is 1. The van der Waals surface area contributed by atoms with Crippen LogP contribution >= 0.6 is 0 Å². The summed E-state index contributed by atoms with van der Waals surface area (Å²) >= 11 is 0. The van der Waals surface area contributed by atoms with Gasteiger partial charge in [-0.05, 0) is 29.8 Å². The third-order valence-corrected chi connectivity index (χ3v) is 3.45. The highest BCUT2D eigenvalue weighted by molar-refractivity contribution is 5.93. The molecule has 0 bridgehead atoms. The van der Waals surface area contributed by atoms with Crippen LogP contribution in [0.3, 0.4) is 0 Å². The molecule has 1 aromatic heterocycles. The molecule has 5 heteroatoms. The molecular formula is C18H15NO4. The number of nitrogens with one attached hydrogen (secondary N) is 1. The van der Waals surface area contributed by atoms with E-state index in [9.17, 15) is 9.59 Å². The van der Waals surface area contributed by atoms with Crippen molar-refractivity contribution in [2.75, 3.05) is 7.11 Å². The van der Waals surface area contributed by atoms with E-state index in [4.69, 9.17) is 9.15 Å². The second-order valence-electron chi connectivity index (χ2n) is 5.01. The Morgan fingerprint density at radius 3 is 2.78 bits per heavy atom. The van der Waals surface area contributed by atoms with E-state index in [1.807, 2.05) is 24.3 Å². The van der Waals surface area contributed by atoms with E-state index in [0.717, 1.165) is 5.56 Å². The number of para-hydroxylation sites is 1. The Morgan fingerprint density at radius 2 is 1.96 bits per heavy atom. The van der Waals surface area contributed by atoms with Crippen molar-refractivity contribution >= 4 is 16.9 Å². The first-order valence-corrected chi connectivity index (χ1v) is 7.11. The summed E-state index contributed by atoms with van der Waals surface area (Å²) in [6, 6.07) is 15.4. The highest BCUT2D eigenvalue weighted by Crippen LogP contribution is 2.13. The second-order valence-corrected chi connectivity index (χ2v) is 5.01. The lowest BCUT2D eigenvalue weighted by Crippen LogP contribution is -2.24. The van der Waals surface area contributed by atoms with Gasteiger partial charge in [-0.3, -0.25) is 9.59 Å². The fourth-order valence-corrected chi connectivity index (χ4v) is 2.27. The van der Waals surface area contributed by atoms with Gasteiger partial charge >= 0.3 is 0 Å². The topological polar surface area (TPSA) is 68.5 Å². The van der Waals surface area contributed by atoms with E-state index < -0.39 is 5.91 Å². The van der Waals surface area contributed by atoms with Gasteiger partial charge in [0.15, 0.2) is 11.2 Å². The van der Waals surface area contributed by atoms with Gasteiger partial charge in [0.2, 0.25) is 0 Å². The van der Waals surface area contributed by atoms with Crippen molar-refractivity contribution in [2.45, 2.75) is 6.54 Å². The van der Waals surface area contributed by atoms with Gasteiger partial charge in [-0.15, -0.1) is 0 Å². The summed E-state index contributed by atoms with van der Waals surface area (Å²) < 4.78 is 10.6. The first-order chi connectivity index (χ1) is 11.2. The van der Waals surface area contributed by atoms with Crippen LogP contribution in [0.15, 0.2) is 63.8 Å². The molecule has 116 valence electrons. The highest BCUT2D eigenvalue weighted by Gasteiger charge is 2.12. The zero-order valence-electron chi connectivity index (χ0n) is 12.5. The second kappa shape index (κ2) is 6.36. The Bertz CT molecular complexity index is 914. The number of carbonyl (C=O) groups excluding carboxylic acids is 1. The molecule has 5 nitrogen and oxygen atoms in total. The SMILES string of the molecule is COc1cccc(CNC(=O)c2cc(=O)c3ccccc3o2)c1. The number of hydrogen-bond donors (Lipinski definition) is 1. The number of benzene rings is 2. The molecule has 23 heavy (non-hydrogen) atoms. The molecule has 0 atom stereocenters. The number of carbonyl (C=O) groups is 1. The standard InChI is InChI=1S/C18H15NO4/c1-22-13-6-4-5-12(9-13)11-19-18(21)17-10-15(20)14-7-2-3-8-16(14)23-17/h2-10H,11H2,1H3,(H,19,21). The maximum Gasteiger partial charge on any atom is 0.287 e. The zero-order chi connectivity index (χ0) is 16.2. The molecule has 0 saturated carbocycles. The Hall–Kier alpha value is -3.08. The summed E-state index contributed by atoms with van der Waals surface area (Å²) in [5.74, 6) is 0.279. The Morgan fingerprint density at radius 1 is 1.13 bits per heavy atom. The van der Waals surface area contributed by atoms with Crippen LogP contribution in [0.1, 0.15) is 16.1 Å². The lowest BCUT2D eigenvalue weighted by atomic mass is 10.2. The van der Waals surface area contributed by atoms with Crippen molar-refractivity contribution in [1.82, 2.24) is 5.32 Å². The average Bonchev–Trinajstić information content (AvgIpc) is 2.60. The normalized spacial score (nSPS) is 10.5. The van der Waals surface area contributed by atoms with Crippen molar-refractivity contribution in [2.24, 2.45) is 0 Å². The van der Waals surface area contributed by atoms with Gasteiger partial charge < -0.3 is 14.5 Å². The van der Waals surface area contributed by atoms with Gasteiger partial charge in [-0.2, -0.15) is 0 Å². The minimum absolute atomic E-state index is 0.00315. The molecule has 0 unspecified atom stereocenters. The molecule has 3 aromatic rings. The van der Waals surface area contributed by atoms with Gasteiger partial charge in [0.1, 0.15) is 11.3 Å². The van der Waals surface area contributed by atoms with E-state index >= 15 is 0 Å². The van der Waals surface area contributed by atoms with Crippen molar-refractivity contribution < 1.29 is 13.9 Å². The first kappa shape index (κ1) is 14.8. The summed E-state index contributed by atoms with van der Waals surface area (Å²) in [4.78, 5) is 24.2. The number of methoxy groups -OCH3 is 1. The summed E-state index contributed by atoms with van der Waals surface area (Å²) in [5, 5.41) is 3.19. The molecule has 0 aliphatic carbocycles. The third kappa shape index (κ3) is 3.23. The number of amides is 1. The van der Waals surface area contributed by atoms with E-state index in [1.54, 1.807) is 31.4 Å². The summed E-state index contributed by atoms with van der Waals surface area (Å²) in [7, 11) is 1.58. The van der Waals surface area contributed by atoms with Gasteiger partial charge in [0.05, 0.1) is 12.5 Å². The number of ether oxygens (including phenoxy) is 1. The Balaban J connectivity index is 1.79. The van der Waals surface area contributed by atoms with E-state index in [1.165, 1.54) is 6.07 Å². The molecule has 0 aliphatic rings. The van der Waals surface area contributed by atoms with Gasteiger partial charge in [0, 0.05) is 12.6 Å². The lowest BCUT2D eigenvalue weighted by Gasteiger charge is -2.07. The predicted molar refractivity (Wildman–Crippen MR) is 86.6 cm³/mol. The smallest absolute Gasteiger partial charge is 0.287 e. The maximum atomic E-state index is 12.2. The quantitative estimate of drug-likeness (QED) is 0.804. The maximum absolute atomic E-state index is 12.2. The molecular weight excluding hydrogens is 294 g/mol. The molecule has 1 N–H and O–H groups in total. The Kier molecular flexibility index (Phi) is 4.10. The van der Waals surface area contributed by atoms with Crippen LogP contribution in [-0.4, -0.2) is 13.0 Å². The largest absolute Gasteiger partial charge is 0.497 e. The molecule has 3 rings (SSSR count). The molecule has 1 heterocycles. The van der Waals surface area contributed by atoms with E-state index in [-0.39, 0.29) is 11.2 Å². The van der Waals surface area contributed by atoms with Crippen LogP contribution in [0.25, 0.3) is 11.0 Å².